The molecular weight excluding hydrogens is 232 g/mol. The Bertz CT molecular complexity index is 437. The first-order valence-electron chi connectivity index (χ1n) is 6.26. The van der Waals surface area contributed by atoms with Gasteiger partial charge in [-0.3, -0.25) is 4.79 Å². The van der Waals surface area contributed by atoms with Crippen LogP contribution in [0.5, 0.6) is 5.88 Å². The fourth-order valence-electron chi connectivity index (χ4n) is 2.02. The molecule has 5 heteroatoms. The zero-order valence-corrected chi connectivity index (χ0v) is 10.6. The molecule has 0 unspecified atom stereocenters. The summed E-state index contributed by atoms with van der Waals surface area (Å²) >= 11 is 0. The van der Waals surface area contributed by atoms with E-state index in [0.29, 0.717) is 12.4 Å². The van der Waals surface area contributed by atoms with Gasteiger partial charge in [0.05, 0.1) is 13.2 Å². The van der Waals surface area contributed by atoms with Gasteiger partial charge in [-0.15, -0.1) is 0 Å². The van der Waals surface area contributed by atoms with Gasteiger partial charge in [-0.05, 0) is 37.3 Å². The first-order valence-corrected chi connectivity index (χ1v) is 6.26. The molecule has 0 aliphatic heterocycles. The van der Waals surface area contributed by atoms with Gasteiger partial charge in [-0.2, -0.15) is 0 Å². The molecular formula is C13H18N2O3. The topological polar surface area (TPSA) is 64.4 Å². The van der Waals surface area contributed by atoms with E-state index in [1.807, 2.05) is 0 Å². The molecule has 1 aromatic rings. The number of amides is 1. The molecule has 1 amide bonds. The monoisotopic (exact) mass is 250 g/mol. The van der Waals surface area contributed by atoms with Gasteiger partial charge in [0, 0.05) is 6.54 Å². The van der Waals surface area contributed by atoms with Crippen LogP contribution in [-0.4, -0.2) is 24.7 Å². The van der Waals surface area contributed by atoms with E-state index in [1.54, 1.807) is 0 Å². The van der Waals surface area contributed by atoms with E-state index in [0.717, 1.165) is 12.8 Å². The number of rotatable bonds is 5. The average molecular weight is 250 g/mol. The van der Waals surface area contributed by atoms with Gasteiger partial charge in [0.15, 0.2) is 0 Å². The van der Waals surface area contributed by atoms with E-state index in [1.165, 1.54) is 38.0 Å². The standard InChI is InChI=1S/C13H18N2O3/c1-17-12-9-11(18-15-12)13(16)14-8-7-10-5-3-2-4-6-10/h5,9H,2-4,6-8H2,1H3,(H,14,16). The van der Waals surface area contributed by atoms with Crippen LogP contribution in [0.2, 0.25) is 0 Å². The summed E-state index contributed by atoms with van der Waals surface area (Å²) in [5.74, 6) is 0.252. The molecule has 1 N–H and O–H groups in total. The van der Waals surface area contributed by atoms with Gasteiger partial charge >= 0.3 is 0 Å². The Labute approximate surface area is 106 Å². The maximum absolute atomic E-state index is 11.7. The predicted molar refractivity (Wildman–Crippen MR) is 66.6 cm³/mol. The van der Waals surface area contributed by atoms with Crippen molar-refractivity contribution in [2.45, 2.75) is 32.1 Å². The Morgan fingerprint density at radius 3 is 3.11 bits per heavy atom. The predicted octanol–water partition coefficient (Wildman–Crippen LogP) is 2.30. The van der Waals surface area contributed by atoms with E-state index in [-0.39, 0.29) is 11.7 Å². The first-order chi connectivity index (χ1) is 8.79. The molecule has 5 nitrogen and oxygen atoms in total. The van der Waals surface area contributed by atoms with Crippen LogP contribution in [0.25, 0.3) is 0 Å². The highest BCUT2D eigenvalue weighted by molar-refractivity contribution is 5.91. The molecule has 0 saturated carbocycles. The quantitative estimate of drug-likeness (QED) is 0.814. The second-order valence-corrected chi connectivity index (χ2v) is 4.35. The minimum atomic E-state index is -0.248. The number of carbonyl (C=O) groups is 1. The Balaban J connectivity index is 1.76. The first kappa shape index (κ1) is 12.7. The van der Waals surface area contributed by atoms with E-state index >= 15 is 0 Å². The summed E-state index contributed by atoms with van der Waals surface area (Å²) in [5.41, 5.74) is 1.44. The molecule has 2 rings (SSSR count). The fourth-order valence-corrected chi connectivity index (χ4v) is 2.02. The summed E-state index contributed by atoms with van der Waals surface area (Å²) in [7, 11) is 1.48. The van der Waals surface area contributed by atoms with Crippen LogP contribution in [0.3, 0.4) is 0 Å². The maximum Gasteiger partial charge on any atom is 0.290 e. The minimum absolute atomic E-state index is 0.185. The summed E-state index contributed by atoms with van der Waals surface area (Å²) in [5, 5.41) is 6.40. The minimum Gasteiger partial charge on any atom is -0.479 e. The van der Waals surface area contributed by atoms with Crippen molar-refractivity contribution in [2.75, 3.05) is 13.7 Å². The van der Waals surface area contributed by atoms with Gasteiger partial charge in [0.1, 0.15) is 0 Å². The van der Waals surface area contributed by atoms with Crippen molar-refractivity contribution in [2.24, 2.45) is 0 Å². The van der Waals surface area contributed by atoms with Crippen molar-refractivity contribution in [3.8, 4) is 5.88 Å². The van der Waals surface area contributed by atoms with Crippen molar-refractivity contribution < 1.29 is 14.1 Å². The number of ether oxygens (including phenoxy) is 1. The molecule has 0 atom stereocenters. The summed E-state index contributed by atoms with van der Waals surface area (Å²) in [4.78, 5) is 11.7. The second-order valence-electron chi connectivity index (χ2n) is 4.35. The van der Waals surface area contributed by atoms with Crippen LogP contribution in [-0.2, 0) is 0 Å². The number of hydrogen-bond donors (Lipinski definition) is 1. The van der Waals surface area contributed by atoms with E-state index < -0.39 is 0 Å². The number of nitrogens with zero attached hydrogens (tertiary/aromatic N) is 1. The van der Waals surface area contributed by atoms with Crippen molar-refractivity contribution in [1.29, 1.82) is 0 Å². The van der Waals surface area contributed by atoms with E-state index in [4.69, 9.17) is 9.26 Å². The van der Waals surface area contributed by atoms with E-state index in [2.05, 4.69) is 16.5 Å². The molecule has 1 aromatic heterocycles. The number of nitrogens with one attached hydrogen (secondary N) is 1. The summed E-state index contributed by atoms with van der Waals surface area (Å²) < 4.78 is 9.71. The van der Waals surface area contributed by atoms with Crippen LogP contribution < -0.4 is 10.1 Å². The average Bonchev–Trinajstić information content (AvgIpc) is 2.89. The lowest BCUT2D eigenvalue weighted by atomic mass is 9.97. The number of carbonyl (C=O) groups excluding carboxylic acids is 1. The summed E-state index contributed by atoms with van der Waals surface area (Å²) in [6, 6.07) is 1.48. The van der Waals surface area contributed by atoms with Crippen LogP contribution >= 0.6 is 0 Å². The third-order valence-corrected chi connectivity index (χ3v) is 3.04. The summed E-state index contributed by atoms with van der Waals surface area (Å²) in [6.45, 7) is 0.633. The lowest BCUT2D eigenvalue weighted by molar-refractivity contribution is 0.0917. The molecule has 18 heavy (non-hydrogen) atoms. The molecule has 0 radical (unpaired) electrons. The smallest absolute Gasteiger partial charge is 0.290 e. The molecule has 0 saturated heterocycles. The lowest BCUT2D eigenvalue weighted by Gasteiger charge is -2.12. The number of hydrogen-bond acceptors (Lipinski definition) is 4. The SMILES string of the molecule is COc1cc(C(=O)NCCC2=CCCCC2)on1. The molecule has 1 aliphatic rings. The molecule has 98 valence electrons. The van der Waals surface area contributed by atoms with Gasteiger partial charge in [0.2, 0.25) is 5.76 Å². The molecule has 0 aromatic carbocycles. The lowest BCUT2D eigenvalue weighted by Crippen LogP contribution is -2.24. The molecule has 1 aliphatic carbocycles. The van der Waals surface area contributed by atoms with Crippen LogP contribution in [0, 0.1) is 0 Å². The van der Waals surface area contributed by atoms with Crippen molar-refractivity contribution >= 4 is 5.91 Å². The van der Waals surface area contributed by atoms with Crippen LogP contribution in [0.15, 0.2) is 22.2 Å². The van der Waals surface area contributed by atoms with Crippen LogP contribution in [0.4, 0.5) is 0 Å². The molecule has 0 spiro atoms. The number of methoxy groups -OCH3 is 1. The largest absolute Gasteiger partial charge is 0.479 e. The molecule has 1 heterocycles. The highest BCUT2D eigenvalue weighted by atomic mass is 16.5. The number of allylic oxidation sites excluding steroid dienone is 1. The zero-order chi connectivity index (χ0) is 12.8. The molecule has 0 fully saturated rings. The molecule has 0 bridgehead atoms. The van der Waals surface area contributed by atoms with Crippen molar-refractivity contribution in [1.82, 2.24) is 10.5 Å². The van der Waals surface area contributed by atoms with Crippen LogP contribution in [0.1, 0.15) is 42.7 Å². The third kappa shape index (κ3) is 3.35. The summed E-state index contributed by atoms with van der Waals surface area (Å²) in [6.07, 6.45) is 8.07. The van der Waals surface area contributed by atoms with Gasteiger partial charge in [0.25, 0.3) is 11.8 Å². The van der Waals surface area contributed by atoms with E-state index in [9.17, 15) is 4.79 Å². The second kappa shape index (κ2) is 6.23. The third-order valence-electron chi connectivity index (χ3n) is 3.04. The Morgan fingerprint density at radius 1 is 1.56 bits per heavy atom. The van der Waals surface area contributed by atoms with Gasteiger partial charge in [-0.25, -0.2) is 0 Å². The number of aromatic nitrogens is 1. The Morgan fingerprint density at radius 2 is 2.44 bits per heavy atom. The normalized spacial score (nSPS) is 15.1. The van der Waals surface area contributed by atoms with Crippen molar-refractivity contribution in [3.63, 3.8) is 0 Å². The highest BCUT2D eigenvalue weighted by Crippen LogP contribution is 2.19. The fraction of sp³-hybridized carbons (Fsp3) is 0.538. The Kier molecular flexibility index (Phi) is 4.39. The van der Waals surface area contributed by atoms with Gasteiger partial charge in [-0.1, -0.05) is 11.6 Å². The maximum atomic E-state index is 11.7. The highest BCUT2D eigenvalue weighted by Gasteiger charge is 2.13. The Hall–Kier alpha value is -1.78. The van der Waals surface area contributed by atoms with Crippen molar-refractivity contribution in [3.05, 3.63) is 23.5 Å². The zero-order valence-electron chi connectivity index (χ0n) is 10.6. The van der Waals surface area contributed by atoms with Gasteiger partial charge < -0.3 is 14.6 Å².